The van der Waals surface area contributed by atoms with E-state index in [4.69, 9.17) is 27.9 Å². The van der Waals surface area contributed by atoms with Crippen LogP contribution < -0.4 is 0 Å². The highest BCUT2D eigenvalue weighted by molar-refractivity contribution is 6.30. The minimum absolute atomic E-state index is 0.180. The Labute approximate surface area is 203 Å². The number of carbonyl (C=O) groups excluding carboxylic acids is 2. The number of piperidine rings is 1. The Kier molecular flexibility index (Phi) is 8.38. The highest BCUT2D eigenvalue weighted by Crippen LogP contribution is 2.47. The van der Waals surface area contributed by atoms with Gasteiger partial charge in [0.05, 0.1) is 19.1 Å². The van der Waals surface area contributed by atoms with Crippen LogP contribution in [0.1, 0.15) is 56.2 Å². The zero-order valence-electron chi connectivity index (χ0n) is 18.5. The number of carboxylic acid groups (broad SMARTS) is 1. The maximum atomic E-state index is 13.7. The second-order valence-electron chi connectivity index (χ2n) is 8.11. The fraction of sp³-hybridized carbons (Fsp3) is 0.400. The highest BCUT2D eigenvalue weighted by Gasteiger charge is 2.48. The molecule has 0 spiro atoms. The van der Waals surface area contributed by atoms with Gasteiger partial charge in [0.1, 0.15) is 6.04 Å². The summed E-state index contributed by atoms with van der Waals surface area (Å²) in [5, 5.41) is 10.6. The Morgan fingerprint density at radius 3 is 2.36 bits per heavy atom. The van der Waals surface area contributed by atoms with Crippen molar-refractivity contribution in [3.8, 4) is 0 Å². The molecular weight excluding hydrogens is 465 g/mol. The minimum Gasteiger partial charge on any atom is -0.481 e. The van der Waals surface area contributed by atoms with Gasteiger partial charge < -0.3 is 14.7 Å². The van der Waals surface area contributed by atoms with Crippen LogP contribution >= 0.6 is 23.2 Å². The maximum absolute atomic E-state index is 13.7. The van der Waals surface area contributed by atoms with Crippen LogP contribution in [0, 0.1) is 5.92 Å². The van der Waals surface area contributed by atoms with Gasteiger partial charge >= 0.3 is 11.9 Å². The number of hydrogen-bond donors (Lipinski definition) is 1. The SMILES string of the molecule is CCOC(=O)[C@@H](CC)N1C(=O)[C@@H](CC(=O)O)C[C@H](c2cccc(Cl)c2)[C@H]1c1ccc(Cl)cc1. The molecule has 1 heterocycles. The summed E-state index contributed by atoms with van der Waals surface area (Å²) in [7, 11) is 0. The number of amides is 1. The van der Waals surface area contributed by atoms with Crippen molar-refractivity contribution in [3.63, 3.8) is 0 Å². The third-order valence-electron chi connectivity index (χ3n) is 6.01. The molecule has 4 atom stereocenters. The molecule has 33 heavy (non-hydrogen) atoms. The van der Waals surface area contributed by atoms with Crippen molar-refractivity contribution in [1.29, 1.82) is 0 Å². The zero-order valence-corrected chi connectivity index (χ0v) is 20.1. The smallest absolute Gasteiger partial charge is 0.328 e. The predicted molar refractivity (Wildman–Crippen MR) is 126 cm³/mol. The number of benzene rings is 2. The molecule has 2 aromatic carbocycles. The van der Waals surface area contributed by atoms with Crippen molar-refractivity contribution >= 4 is 41.0 Å². The van der Waals surface area contributed by atoms with Crippen LogP contribution in [0.5, 0.6) is 0 Å². The molecule has 0 aromatic heterocycles. The van der Waals surface area contributed by atoms with Crippen LogP contribution in [0.25, 0.3) is 0 Å². The van der Waals surface area contributed by atoms with E-state index in [-0.39, 0.29) is 24.9 Å². The fourth-order valence-electron chi connectivity index (χ4n) is 4.63. The number of halogens is 2. The van der Waals surface area contributed by atoms with Gasteiger partial charge in [-0.2, -0.15) is 0 Å². The van der Waals surface area contributed by atoms with E-state index in [9.17, 15) is 19.5 Å². The standard InChI is InChI=1S/C25H27Cl2NO5/c1-3-21(25(32)33-4-2)28-23(15-8-10-18(26)11-9-15)20(16-6-5-7-19(27)12-16)13-17(24(28)31)14-22(29)30/h5-12,17,20-21,23H,3-4,13-14H2,1-2H3,(H,29,30)/t17-,20-,21-,23-/m1/s1. The lowest BCUT2D eigenvalue weighted by Gasteiger charge is -2.47. The van der Waals surface area contributed by atoms with Crippen molar-refractivity contribution in [1.82, 2.24) is 4.90 Å². The van der Waals surface area contributed by atoms with Gasteiger partial charge in [-0.05, 0) is 55.2 Å². The van der Waals surface area contributed by atoms with Gasteiger partial charge in [0.25, 0.3) is 0 Å². The summed E-state index contributed by atoms with van der Waals surface area (Å²) in [5.41, 5.74) is 1.67. The number of hydrogen-bond acceptors (Lipinski definition) is 4. The Hall–Kier alpha value is -2.57. The summed E-state index contributed by atoms with van der Waals surface area (Å²) in [6, 6.07) is 13.1. The highest BCUT2D eigenvalue weighted by atomic mass is 35.5. The average molecular weight is 492 g/mol. The number of carbonyl (C=O) groups is 3. The molecule has 0 aliphatic carbocycles. The first-order chi connectivity index (χ1) is 15.8. The molecule has 176 valence electrons. The van der Waals surface area contributed by atoms with Crippen molar-refractivity contribution in [2.75, 3.05) is 6.61 Å². The topological polar surface area (TPSA) is 83.9 Å². The second-order valence-corrected chi connectivity index (χ2v) is 8.98. The third-order valence-corrected chi connectivity index (χ3v) is 6.50. The van der Waals surface area contributed by atoms with E-state index < -0.39 is 29.9 Å². The number of esters is 1. The van der Waals surface area contributed by atoms with Gasteiger partial charge in [-0.3, -0.25) is 9.59 Å². The van der Waals surface area contributed by atoms with Crippen LogP contribution in [0.2, 0.25) is 10.0 Å². The molecule has 1 amide bonds. The van der Waals surface area contributed by atoms with Crippen molar-refractivity contribution in [3.05, 3.63) is 69.7 Å². The Balaban J connectivity index is 2.20. The zero-order chi connectivity index (χ0) is 24.1. The predicted octanol–water partition coefficient (Wildman–Crippen LogP) is 5.48. The monoisotopic (exact) mass is 491 g/mol. The molecule has 0 saturated carbocycles. The number of nitrogens with zero attached hydrogens (tertiary/aromatic N) is 1. The molecule has 1 saturated heterocycles. The molecule has 2 aromatic rings. The molecule has 1 N–H and O–H groups in total. The quantitative estimate of drug-likeness (QED) is 0.494. The lowest BCUT2D eigenvalue weighted by Crippen LogP contribution is -2.54. The van der Waals surface area contributed by atoms with E-state index in [1.165, 1.54) is 4.90 Å². The Bertz CT molecular complexity index is 1010. The maximum Gasteiger partial charge on any atom is 0.328 e. The van der Waals surface area contributed by atoms with Crippen LogP contribution in [0.3, 0.4) is 0 Å². The Morgan fingerprint density at radius 1 is 1.09 bits per heavy atom. The second kappa shape index (κ2) is 11.0. The number of likely N-dealkylation sites (tertiary alicyclic amines) is 1. The lowest BCUT2D eigenvalue weighted by atomic mass is 9.74. The first-order valence-corrected chi connectivity index (χ1v) is 11.7. The molecule has 8 heteroatoms. The minimum atomic E-state index is -1.06. The van der Waals surface area contributed by atoms with E-state index in [1.54, 1.807) is 25.1 Å². The molecule has 0 radical (unpaired) electrons. The lowest BCUT2D eigenvalue weighted by molar-refractivity contribution is -0.163. The molecule has 1 aliphatic rings. The first-order valence-electron chi connectivity index (χ1n) is 11.0. The largest absolute Gasteiger partial charge is 0.481 e. The van der Waals surface area contributed by atoms with Gasteiger partial charge in [0.2, 0.25) is 5.91 Å². The third kappa shape index (κ3) is 5.68. The van der Waals surface area contributed by atoms with Crippen molar-refractivity contribution in [2.45, 2.75) is 51.1 Å². The molecule has 6 nitrogen and oxygen atoms in total. The average Bonchev–Trinajstić information content (AvgIpc) is 2.77. The van der Waals surface area contributed by atoms with Gasteiger partial charge in [-0.1, -0.05) is 54.4 Å². The number of rotatable bonds is 8. The molecule has 1 fully saturated rings. The first kappa shape index (κ1) is 25.1. The fourth-order valence-corrected chi connectivity index (χ4v) is 4.96. The number of ether oxygens (including phenoxy) is 1. The van der Waals surface area contributed by atoms with E-state index in [1.807, 2.05) is 37.3 Å². The van der Waals surface area contributed by atoms with Crippen LogP contribution in [0.15, 0.2) is 48.5 Å². The van der Waals surface area contributed by atoms with Crippen LogP contribution in [-0.4, -0.2) is 40.5 Å². The van der Waals surface area contributed by atoms with Gasteiger partial charge in [-0.15, -0.1) is 0 Å². The van der Waals surface area contributed by atoms with Crippen LogP contribution in [-0.2, 0) is 19.1 Å². The number of carboxylic acids is 1. The molecule has 1 aliphatic heterocycles. The Morgan fingerprint density at radius 2 is 1.79 bits per heavy atom. The van der Waals surface area contributed by atoms with Crippen molar-refractivity contribution in [2.24, 2.45) is 5.92 Å². The van der Waals surface area contributed by atoms with Gasteiger partial charge in [0, 0.05) is 21.9 Å². The summed E-state index contributed by atoms with van der Waals surface area (Å²) < 4.78 is 5.28. The summed E-state index contributed by atoms with van der Waals surface area (Å²) in [6.45, 7) is 3.70. The van der Waals surface area contributed by atoms with E-state index in [2.05, 4.69) is 0 Å². The normalized spacial score (nSPS) is 21.5. The summed E-state index contributed by atoms with van der Waals surface area (Å²) in [6.07, 6.45) is 0.324. The van der Waals surface area contributed by atoms with Crippen molar-refractivity contribution < 1.29 is 24.2 Å². The van der Waals surface area contributed by atoms with E-state index in [0.717, 1.165) is 11.1 Å². The van der Waals surface area contributed by atoms with E-state index >= 15 is 0 Å². The van der Waals surface area contributed by atoms with E-state index in [0.29, 0.717) is 22.9 Å². The summed E-state index contributed by atoms with van der Waals surface area (Å²) >= 11 is 12.4. The van der Waals surface area contributed by atoms with Gasteiger partial charge in [-0.25, -0.2) is 4.79 Å². The summed E-state index contributed by atoms with van der Waals surface area (Å²) in [5.74, 6) is -3.00. The molecule has 3 rings (SSSR count). The van der Waals surface area contributed by atoms with Crippen LogP contribution in [0.4, 0.5) is 0 Å². The number of aliphatic carboxylic acids is 1. The molecular formula is C25H27Cl2NO5. The van der Waals surface area contributed by atoms with Gasteiger partial charge in [0.15, 0.2) is 0 Å². The summed E-state index contributed by atoms with van der Waals surface area (Å²) in [4.78, 5) is 39.7. The molecule has 0 bridgehead atoms. The molecule has 0 unspecified atom stereocenters.